The largest absolute Gasteiger partial charge is 0.377 e. The average Bonchev–Trinajstić information content (AvgIpc) is 2.82. The molecule has 10 heteroatoms. The number of benzene rings is 1. The first-order valence-corrected chi connectivity index (χ1v) is 9.60. The molecule has 0 spiro atoms. The molecule has 1 aromatic rings. The van der Waals surface area contributed by atoms with E-state index >= 15 is 0 Å². The van der Waals surface area contributed by atoms with E-state index in [9.17, 15) is 0 Å². The van der Waals surface area contributed by atoms with Crippen LogP contribution in [0.1, 0.15) is 0 Å². The van der Waals surface area contributed by atoms with Crippen molar-refractivity contribution in [1.82, 2.24) is 0 Å². The van der Waals surface area contributed by atoms with E-state index in [2.05, 4.69) is 0 Å². The summed E-state index contributed by atoms with van der Waals surface area (Å²) in [6, 6.07) is 13.2. The van der Waals surface area contributed by atoms with Gasteiger partial charge in [-0.1, -0.05) is 24.3 Å². The second kappa shape index (κ2) is 20.2. The van der Waals surface area contributed by atoms with Gasteiger partial charge in [0.15, 0.2) is 0 Å². The quantitative estimate of drug-likeness (QED) is 0.510. The molecular weight excluding hydrogens is 407 g/mol. The minimum atomic E-state index is 0. The molecule has 0 bridgehead atoms. The van der Waals surface area contributed by atoms with Crippen molar-refractivity contribution in [2.45, 2.75) is 0 Å². The normalized spacial score (nSPS) is 15.1. The van der Waals surface area contributed by atoms with Crippen LogP contribution in [0.5, 0.6) is 0 Å². The fraction of sp³-hybridized carbons (Fsp3) is 0.455. The predicted molar refractivity (Wildman–Crippen MR) is 115 cm³/mol. The summed E-state index contributed by atoms with van der Waals surface area (Å²) in [4.78, 5) is 0. The molecule has 1 aromatic carbocycles. The van der Waals surface area contributed by atoms with Crippen LogP contribution in [0.3, 0.4) is 0 Å². The van der Waals surface area contributed by atoms with E-state index in [0.29, 0.717) is 76.5 Å². The van der Waals surface area contributed by atoms with E-state index in [1.54, 1.807) is 24.3 Å². The summed E-state index contributed by atoms with van der Waals surface area (Å²) in [6.07, 6.45) is 0. The Kier molecular flexibility index (Phi) is 18.5. The molecule has 0 atom stereocenters. The minimum Gasteiger partial charge on any atom is -0.377 e. The molecule has 0 N–H and O–H groups in total. The molecule has 2 rings (SSSR count). The zero-order chi connectivity index (χ0) is 22.6. The maximum absolute atomic E-state index is 8.63. The van der Waals surface area contributed by atoms with Crippen molar-refractivity contribution in [3.05, 3.63) is 34.7 Å². The van der Waals surface area contributed by atoms with Crippen LogP contribution >= 0.6 is 0 Å². The van der Waals surface area contributed by atoms with E-state index in [1.807, 2.05) is 0 Å². The minimum absolute atomic E-state index is 0. The van der Waals surface area contributed by atoms with E-state index < -0.39 is 0 Å². The fourth-order valence-corrected chi connectivity index (χ4v) is 2.21. The summed E-state index contributed by atoms with van der Waals surface area (Å²) < 4.78 is 26.4. The van der Waals surface area contributed by atoms with Gasteiger partial charge in [-0.3, -0.25) is 0 Å². The molecule has 1 radical (unpaired) electrons. The first-order valence-electron chi connectivity index (χ1n) is 9.60. The number of hydrogen-bond acceptors (Lipinski definition) is 9. The Balaban J connectivity index is 0.000000584. The van der Waals surface area contributed by atoms with Gasteiger partial charge in [0.25, 0.3) is 0 Å². The van der Waals surface area contributed by atoms with Gasteiger partial charge in [0.1, 0.15) is 35.4 Å². The Hall–Kier alpha value is -2.68. The van der Waals surface area contributed by atoms with Gasteiger partial charge in [-0.2, -0.15) is 21.0 Å². The van der Waals surface area contributed by atoms with Crippen LogP contribution < -0.4 is 10.4 Å². The van der Waals surface area contributed by atoms with Gasteiger partial charge in [0.05, 0.1) is 66.1 Å². The number of rotatable bonds is 0. The maximum atomic E-state index is 8.63. The molecule has 1 fully saturated rings. The van der Waals surface area contributed by atoms with Crippen LogP contribution in [0.2, 0.25) is 0 Å². The SMILES string of the molecule is C1COCCOCCOCCOCCO1.N#CC(C#N)=c1ccc(=C(C#N)C#N)cc1.[Li]. The van der Waals surface area contributed by atoms with Crippen molar-refractivity contribution in [2.24, 2.45) is 0 Å². The van der Waals surface area contributed by atoms with Crippen molar-refractivity contribution >= 4 is 30.0 Å². The van der Waals surface area contributed by atoms with Crippen LogP contribution in [0.25, 0.3) is 11.1 Å². The summed E-state index contributed by atoms with van der Waals surface area (Å²) in [5, 5.41) is 35.5. The van der Waals surface area contributed by atoms with E-state index in [0.717, 1.165) is 0 Å². The van der Waals surface area contributed by atoms with Crippen LogP contribution in [0.15, 0.2) is 24.3 Å². The topological polar surface area (TPSA) is 141 Å². The van der Waals surface area contributed by atoms with Crippen molar-refractivity contribution in [3.63, 3.8) is 0 Å². The summed E-state index contributed by atoms with van der Waals surface area (Å²) in [6.45, 7) is 6.11. The number of nitrogens with zero attached hydrogens (tertiary/aromatic N) is 4. The zero-order valence-electron chi connectivity index (χ0n) is 18.2. The molecule has 0 saturated carbocycles. The Labute approximate surface area is 199 Å². The molecule has 163 valence electrons. The first-order chi connectivity index (χ1) is 15.3. The Morgan fingerprint density at radius 1 is 0.469 bits per heavy atom. The summed E-state index contributed by atoms with van der Waals surface area (Å²) in [5.41, 5.74) is 0.00373. The monoisotopic (exact) mass is 431 g/mol. The second-order valence-electron chi connectivity index (χ2n) is 5.84. The standard InChI is InChI=1S/C12H4N4.C10H20O5.Li/c13-5-11(6-14)9-1-2-10(4-3-9)12(7-15)8-16;1-2-12-5-6-14-9-10-15-8-7-13-4-3-11-1;/h1-4H;1-10H2;. The third kappa shape index (κ3) is 12.9. The molecule has 0 amide bonds. The van der Waals surface area contributed by atoms with Crippen molar-refractivity contribution in [1.29, 1.82) is 21.0 Å². The van der Waals surface area contributed by atoms with Gasteiger partial charge in [-0.15, -0.1) is 0 Å². The summed E-state index contributed by atoms with van der Waals surface area (Å²) in [7, 11) is 0. The second-order valence-corrected chi connectivity index (χ2v) is 5.84. The Morgan fingerprint density at radius 2 is 0.656 bits per heavy atom. The molecule has 1 heterocycles. The van der Waals surface area contributed by atoms with E-state index in [4.69, 9.17) is 44.7 Å². The molecule has 0 aromatic heterocycles. The predicted octanol–water partition coefficient (Wildman–Crippen LogP) is -0.215. The molecule has 0 unspecified atom stereocenters. The Morgan fingerprint density at radius 3 is 0.812 bits per heavy atom. The molecule has 1 aliphatic rings. The average molecular weight is 431 g/mol. The van der Waals surface area contributed by atoms with Crippen molar-refractivity contribution in [2.75, 3.05) is 66.1 Å². The van der Waals surface area contributed by atoms with E-state index in [-0.39, 0.29) is 30.0 Å². The first kappa shape index (κ1) is 29.3. The Bertz CT molecular complexity index is 780. The van der Waals surface area contributed by atoms with Gasteiger partial charge in [-0.25, -0.2) is 0 Å². The van der Waals surface area contributed by atoms with Gasteiger partial charge in [-0.05, 0) is 0 Å². The maximum Gasteiger partial charge on any atom is 0.136 e. The fourth-order valence-electron chi connectivity index (χ4n) is 2.21. The number of hydrogen-bond donors (Lipinski definition) is 0. The molecule has 1 saturated heterocycles. The van der Waals surface area contributed by atoms with Gasteiger partial charge < -0.3 is 23.7 Å². The third-order valence-corrected chi connectivity index (χ3v) is 3.77. The van der Waals surface area contributed by atoms with Crippen molar-refractivity contribution in [3.8, 4) is 24.3 Å². The van der Waals surface area contributed by atoms with E-state index in [1.165, 1.54) is 24.3 Å². The summed E-state index contributed by atoms with van der Waals surface area (Å²) >= 11 is 0. The van der Waals surface area contributed by atoms with Crippen LogP contribution in [-0.2, 0) is 23.7 Å². The van der Waals surface area contributed by atoms with Crippen LogP contribution in [-0.4, -0.2) is 84.9 Å². The third-order valence-electron chi connectivity index (χ3n) is 3.77. The molecule has 9 nitrogen and oxygen atoms in total. The number of nitriles is 4. The smallest absolute Gasteiger partial charge is 0.136 e. The van der Waals surface area contributed by atoms with Crippen molar-refractivity contribution < 1.29 is 23.7 Å². The molecule has 32 heavy (non-hydrogen) atoms. The molecule has 0 aliphatic carbocycles. The zero-order valence-corrected chi connectivity index (χ0v) is 18.2. The summed E-state index contributed by atoms with van der Waals surface area (Å²) in [5.74, 6) is 0. The van der Waals surface area contributed by atoms with Crippen LogP contribution in [0, 0.1) is 45.3 Å². The van der Waals surface area contributed by atoms with Gasteiger partial charge in [0, 0.05) is 29.3 Å². The van der Waals surface area contributed by atoms with Crippen LogP contribution in [0.4, 0.5) is 0 Å². The molecular formula is C22H24LiN4O5. The van der Waals surface area contributed by atoms with Gasteiger partial charge >= 0.3 is 0 Å². The van der Waals surface area contributed by atoms with Gasteiger partial charge in [0.2, 0.25) is 0 Å². The number of ether oxygens (including phenoxy) is 5. The molecule has 1 aliphatic heterocycles.